The van der Waals surface area contributed by atoms with Crippen molar-refractivity contribution in [3.05, 3.63) is 69.2 Å². The smallest absolute Gasteiger partial charge is 0.408 e. The van der Waals surface area contributed by atoms with Gasteiger partial charge in [-0.15, -0.1) is 0 Å². The highest BCUT2D eigenvalue weighted by Gasteiger charge is 2.14. The van der Waals surface area contributed by atoms with Crippen molar-refractivity contribution < 1.29 is 4.42 Å². The van der Waals surface area contributed by atoms with Gasteiger partial charge in [0.15, 0.2) is 5.58 Å². The molecule has 21 heavy (non-hydrogen) atoms. The van der Waals surface area contributed by atoms with Crippen LogP contribution in [-0.4, -0.2) is 4.57 Å². The third kappa shape index (κ3) is 2.56. The maximum absolute atomic E-state index is 11.6. The van der Waals surface area contributed by atoms with E-state index in [1.807, 2.05) is 18.2 Å². The molecule has 3 aromatic rings. The van der Waals surface area contributed by atoms with Crippen LogP contribution in [0.3, 0.4) is 0 Å². The van der Waals surface area contributed by atoms with E-state index in [-0.39, 0.29) is 10.6 Å². The van der Waals surface area contributed by atoms with E-state index in [0.29, 0.717) is 5.58 Å². The van der Waals surface area contributed by atoms with Gasteiger partial charge in [0.25, 0.3) is 0 Å². The second-order valence-electron chi connectivity index (χ2n) is 5.44. The summed E-state index contributed by atoms with van der Waals surface area (Å²) >= 11 is 3.75. The Bertz CT molecular complexity index is 856. The highest BCUT2D eigenvalue weighted by atomic mass is 79.9. The molecule has 3 nitrogen and oxygen atoms in total. The second-order valence-corrected chi connectivity index (χ2v) is 6.35. The molecule has 0 aliphatic rings. The van der Waals surface area contributed by atoms with Gasteiger partial charge in [0.2, 0.25) is 0 Å². The third-order valence-corrected chi connectivity index (χ3v) is 4.70. The van der Waals surface area contributed by atoms with E-state index in [0.717, 1.165) is 11.1 Å². The molecule has 0 spiro atoms. The molecule has 0 fully saturated rings. The first kappa shape index (κ1) is 14.1. The van der Waals surface area contributed by atoms with Crippen LogP contribution in [0.4, 0.5) is 0 Å². The fourth-order valence-electron chi connectivity index (χ4n) is 2.66. The molecule has 108 valence electrons. The van der Waals surface area contributed by atoms with E-state index < -0.39 is 0 Å². The molecule has 0 N–H and O–H groups in total. The van der Waals surface area contributed by atoms with Gasteiger partial charge >= 0.3 is 5.76 Å². The van der Waals surface area contributed by atoms with Crippen LogP contribution in [0, 0.1) is 13.8 Å². The molecule has 0 aliphatic carbocycles. The molecule has 0 radical (unpaired) electrons. The Morgan fingerprint density at radius 3 is 2.38 bits per heavy atom. The van der Waals surface area contributed by atoms with Gasteiger partial charge in [-0.3, -0.25) is 4.57 Å². The largest absolute Gasteiger partial charge is 0.419 e. The van der Waals surface area contributed by atoms with Crippen molar-refractivity contribution in [2.75, 3.05) is 0 Å². The van der Waals surface area contributed by atoms with Crippen LogP contribution in [0.5, 0.6) is 0 Å². The number of aromatic nitrogens is 1. The molecule has 1 heterocycles. The summed E-state index contributed by atoms with van der Waals surface area (Å²) < 4.78 is 6.77. The third-order valence-electron chi connectivity index (χ3n) is 3.65. The van der Waals surface area contributed by atoms with Crippen LogP contribution >= 0.6 is 15.9 Å². The van der Waals surface area contributed by atoms with E-state index in [1.165, 1.54) is 21.3 Å². The highest BCUT2D eigenvalue weighted by Crippen LogP contribution is 2.33. The first-order valence-electron chi connectivity index (χ1n) is 6.77. The molecule has 0 aliphatic heterocycles. The van der Waals surface area contributed by atoms with E-state index in [1.54, 1.807) is 7.05 Å². The lowest BCUT2D eigenvalue weighted by Gasteiger charge is -2.12. The Morgan fingerprint density at radius 2 is 1.71 bits per heavy atom. The molecule has 1 atom stereocenters. The topological polar surface area (TPSA) is 35.1 Å². The van der Waals surface area contributed by atoms with Crippen molar-refractivity contribution in [2.24, 2.45) is 7.05 Å². The molecular formula is C17H16BrNO2. The standard InChI is InChI=1S/C17H16BrNO2/c1-10-6-11(2)8-13(7-10)16(18)12-4-5-14-15(9-12)21-17(20)19(14)3/h4-9,16H,1-3H3. The van der Waals surface area contributed by atoms with Gasteiger partial charge in [-0.05, 0) is 37.1 Å². The average molecular weight is 346 g/mol. The lowest BCUT2D eigenvalue weighted by molar-refractivity contribution is 0.528. The van der Waals surface area contributed by atoms with Crippen molar-refractivity contribution in [1.82, 2.24) is 4.57 Å². The van der Waals surface area contributed by atoms with Crippen molar-refractivity contribution in [3.63, 3.8) is 0 Å². The van der Waals surface area contributed by atoms with Gasteiger partial charge in [-0.1, -0.05) is 51.3 Å². The maximum Gasteiger partial charge on any atom is 0.419 e. The molecule has 1 unspecified atom stereocenters. The normalized spacial score (nSPS) is 12.8. The summed E-state index contributed by atoms with van der Waals surface area (Å²) in [6, 6.07) is 12.4. The zero-order valence-electron chi connectivity index (χ0n) is 12.2. The van der Waals surface area contributed by atoms with Gasteiger partial charge in [0, 0.05) is 7.05 Å². The first-order chi connectivity index (χ1) is 9.95. The van der Waals surface area contributed by atoms with Crippen molar-refractivity contribution in [1.29, 1.82) is 0 Å². The number of halogens is 1. The summed E-state index contributed by atoms with van der Waals surface area (Å²) in [6.07, 6.45) is 0. The first-order valence-corrected chi connectivity index (χ1v) is 7.69. The van der Waals surface area contributed by atoms with Crippen molar-refractivity contribution in [2.45, 2.75) is 18.7 Å². The number of nitrogens with zero attached hydrogens (tertiary/aromatic N) is 1. The number of hydrogen-bond donors (Lipinski definition) is 0. The Labute approximate surface area is 131 Å². The lowest BCUT2D eigenvalue weighted by Crippen LogP contribution is -2.08. The van der Waals surface area contributed by atoms with Crippen LogP contribution < -0.4 is 5.76 Å². The summed E-state index contributed by atoms with van der Waals surface area (Å²) in [5, 5.41) is 0. The second kappa shape index (κ2) is 5.19. The fourth-order valence-corrected chi connectivity index (χ4v) is 3.21. The van der Waals surface area contributed by atoms with Gasteiger partial charge in [0.1, 0.15) is 0 Å². The summed E-state index contributed by atoms with van der Waals surface area (Å²) in [5.41, 5.74) is 6.17. The molecule has 0 saturated heterocycles. The van der Waals surface area contributed by atoms with E-state index in [9.17, 15) is 4.79 Å². The van der Waals surface area contributed by atoms with Crippen LogP contribution in [0.15, 0.2) is 45.6 Å². The molecule has 0 saturated carbocycles. The van der Waals surface area contributed by atoms with Crippen LogP contribution in [0.1, 0.15) is 27.1 Å². The maximum atomic E-state index is 11.6. The van der Waals surface area contributed by atoms with Gasteiger partial charge in [-0.25, -0.2) is 4.79 Å². The van der Waals surface area contributed by atoms with Crippen LogP contribution in [-0.2, 0) is 7.05 Å². The molecule has 3 rings (SSSR count). The van der Waals surface area contributed by atoms with Crippen LogP contribution in [0.2, 0.25) is 0 Å². The minimum absolute atomic E-state index is 0.0750. The molecule has 0 amide bonds. The number of fused-ring (bicyclic) bond motifs is 1. The molecular weight excluding hydrogens is 330 g/mol. The van der Waals surface area contributed by atoms with Gasteiger partial charge in [0.05, 0.1) is 10.3 Å². The molecule has 2 aromatic carbocycles. The predicted octanol–water partition coefficient (Wildman–Crippen LogP) is 4.23. The number of oxazole rings is 1. The average Bonchev–Trinajstić information content (AvgIpc) is 2.71. The van der Waals surface area contributed by atoms with E-state index in [2.05, 4.69) is 48.0 Å². The van der Waals surface area contributed by atoms with Crippen molar-refractivity contribution >= 4 is 27.0 Å². The van der Waals surface area contributed by atoms with Crippen LogP contribution in [0.25, 0.3) is 11.1 Å². The van der Waals surface area contributed by atoms with Crippen molar-refractivity contribution in [3.8, 4) is 0 Å². The summed E-state index contributed by atoms with van der Waals surface area (Å²) in [5.74, 6) is -0.334. The zero-order chi connectivity index (χ0) is 15.1. The summed E-state index contributed by atoms with van der Waals surface area (Å²) in [7, 11) is 1.71. The number of rotatable bonds is 2. The summed E-state index contributed by atoms with van der Waals surface area (Å²) in [6.45, 7) is 4.19. The number of hydrogen-bond acceptors (Lipinski definition) is 2. The minimum Gasteiger partial charge on any atom is -0.408 e. The number of alkyl halides is 1. The SMILES string of the molecule is Cc1cc(C)cc(C(Br)c2ccc3c(c2)oc(=O)n3C)c1. The molecule has 0 bridgehead atoms. The zero-order valence-corrected chi connectivity index (χ0v) is 13.8. The fraction of sp³-hybridized carbons (Fsp3) is 0.235. The monoisotopic (exact) mass is 345 g/mol. The highest BCUT2D eigenvalue weighted by molar-refractivity contribution is 9.09. The predicted molar refractivity (Wildman–Crippen MR) is 88.1 cm³/mol. The quantitative estimate of drug-likeness (QED) is 0.651. The molecule has 4 heteroatoms. The Balaban J connectivity index is 2.08. The van der Waals surface area contributed by atoms with Gasteiger partial charge < -0.3 is 4.42 Å². The van der Waals surface area contributed by atoms with E-state index >= 15 is 0 Å². The lowest BCUT2D eigenvalue weighted by atomic mass is 10.0. The minimum atomic E-state index is -0.334. The summed E-state index contributed by atoms with van der Waals surface area (Å²) in [4.78, 5) is 11.6. The van der Waals surface area contributed by atoms with E-state index in [4.69, 9.17) is 4.42 Å². The number of benzene rings is 2. The Morgan fingerprint density at radius 1 is 1.05 bits per heavy atom. The molecule has 1 aromatic heterocycles. The number of aryl methyl sites for hydroxylation is 3. The van der Waals surface area contributed by atoms with Gasteiger partial charge in [-0.2, -0.15) is 0 Å². The Kier molecular flexibility index (Phi) is 3.49. The Hall–Kier alpha value is -1.81.